The molecule has 6 rings (SSSR count). The number of hydrogen-bond donors (Lipinski definition) is 2. The lowest BCUT2D eigenvalue weighted by Gasteiger charge is -2.59. The Morgan fingerprint density at radius 3 is 2.48 bits per heavy atom. The van der Waals surface area contributed by atoms with E-state index in [0.29, 0.717) is 19.1 Å². The summed E-state index contributed by atoms with van der Waals surface area (Å²) in [4.78, 5) is 27.2. The molecule has 0 radical (unpaired) electrons. The van der Waals surface area contributed by atoms with Gasteiger partial charge < -0.3 is 15.8 Å². The molecule has 6 nitrogen and oxygen atoms in total. The predicted molar refractivity (Wildman–Crippen MR) is 108 cm³/mol. The van der Waals surface area contributed by atoms with Gasteiger partial charge in [0, 0.05) is 30.1 Å². The molecule has 1 saturated heterocycles. The van der Waals surface area contributed by atoms with Crippen molar-refractivity contribution in [3.8, 4) is 0 Å². The molecule has 0 aromatic heterocycles. The summed E-state index contributed by atoms with van der Waals surface area (Å²) in [6, 6.07) is 3.22. The number of amides is 2. The van der Waals surface area contributed by atoms with Crippen LogP contribution in [0.2, 0.25) is 0 Å². The highest BCUT2D eigenvalue weighted by Gasteiger charge is 2.58. The van der Waals surface area contributed by atoms with Crippen molar-refractivity contribution in [2.45, 2.75) is 50.7 Å². The van der Waals surface area contributed by atoms with Gasteiger partial charge in [0.1, 0.15) is 17.7 Å². The van der Waals surface area contributed by atoms with Crippen LogP contribution < -0.4 is 11.1 Å². The topological polar surface area (TPSA) is 84.7 Å². The first-order chi connectivity index (χ1) is 14.9. The zero-order valence-electron chi connectivity index (χ0n) is 17.5. The first-order valence-corrected chi connectivity index (χ1v) is 11.2. The van der Waals surface area contributed by atoms with Gasteiger partial charge in [-0.2, -0.15) is 0 Å². The monoisotopic (exact) mass is 433 g/mol. The van der Waals surface area contributed by atoms with Crippen LogP contribution in [0.4, 0.5) is 8.78 Å². The van der Waals surface area contributed by atoms with Crippen LogP contribution in [0.5, 0.6) is 0 Å². The average molecular weight is 433 g/mol. The van der Waals surface area contributed by atoms with Crippen molar-refractivity contribution < 1.29 is 23.1 Å². The van der Waals surface area contributed by atoms with Gasteiger partial charge in [0.15, 0.2) is 0 Å². The van der Waals surface area contributed by atoms with E-state index in [1.54, 1.807) is 4.90 Å². The van der Waals surface area contributed by atoms with E-state index < -0.39 is 23.1 Å². The average Bonchev–Trinajstić information content (AvgIpc) is 2.73. The number of morpholine rings is 1. The lowest BCUT2D eigenvalue weighted by atomic mass is 9.47. The minimum absolute atomic E-state index is 0.0182. The number of nitrogens with one attached hydrogen (secondary N) is 1. The summed E-state index contributed by atoms with van der Waals surface area (Å²) in [6.45, 7) is 1.05. The second-order valence-corrected chi connectivity index (χ2v) is 9.91. The minimum atomic E-state index is -0.608. The van der Waals surface area contributed by atoms with Gasteiger partial charge >= 0.3 is 0 Å². The van der Waals surface area contributed by atoms with Crippen molar-refractivity contribution in [1.29, 1.82) is 0 Å². The maximum absolute atomic E-state index is 14.2. The first-order valence-electron chi connectivity index (χ1n) is 11.2. The largest absolute Gasteiger partial charge is 0.378 e. The van der Waals surface area contributed by atoms with Crippen LogP contribution in [0.25, 0.3) is 0 Å². The fraction of sp³-hybridized carbons (Fsp3) is 0.652. The van der Waals surface area contributed by atoms with Gasteiger partial charge in [-0.3, -0.25) is 14.5 Å². The molecule has 3 N–H and O–H groups in total. The van der Waals surface area contributed by atoms with E-state index >= 15 is 0 Å². The Labute approximate surface area is 180 Å². The number of carbonyl (C=O) groups excluding carboxylic acids is 2. The smallest absolute Gasteiger partial charge is 0.239 e. The van der Waals surface area contributed by atoms with Gasteiger partial charge in [0.2, 0.25) is 11.8 Å². The normalized spacial score (nSPS) is 37.0. The van der Waals surface area contributed by atoms with E-state index in [1.807, 2.05) is 0 Å². The molecule has 5 aliphatic rings. The van der Waals surface area contributed by atoms with E-state index in [4.69, 9.17) is 10.5 Å². The highest BCUT2D eigenvalue weighted by Crippen LogP contribution is 2.59. The fourth-order valence-electron chi connectivity index (χ4n) is 6.78. The first kappa shape index (κ1) is 20.8. The zero-order valence-corrected chi connectivity index (χ0v) is 17.5. The molecule has 1 aromatic rings. The molecule has 8 heteroatoms. The summed E-state index contributed by atoms with van der Waals surface area (Å²) in [7, 11) is 0. The van der Waals surface area contributed by atoms with Gasteiger partial charge in [-0.15, -0.1) is 0 Å². The van der Waals surface area contributed by atoms with Crippen LogP contribution >= 0.6 is 0 Å². The third-order valence-electron chi connectivity index (χ3n) is 8.07. The summed E-state index contributed by atoms with van der Waals surface area (Å²) >= 11 is 0. The van der Waals surface area contributed by atoms with Gasteiger partial charge in [-0.25, -0.2) is 8.78 Å². The van der Waals surface area contributed by atoms with E-state index in [0.717, 1.165) is 32.1 Å². The Morgan fingerprint density at radius 2 is 1.84 bits per heavy atom. The Hall–Kier alpha value is -2.06. The number of ether oxygens (including phenoxy) is 1. The Bertz CT molecular complexity index is 859. The van der Waals surface area contributed by atoms with E-state index in [-0.39, 0.29) is 48.4 Å². The lowest BCUT2D eigenvalue weighted by molar-refractivity contribution is -0.149. The Kier molecular flexibility index (Phi) is 5.25. The fourth-order valence-corrected chi connectivity index (χ4v) is 6.78. The van der Waals surface area contributed by atoms with Crippen molar-refractivity contribution in [3.63, 3.8) is 0 Å². The maximum Gasteiger partial charge on any atom is 0.239 e. The number of primary amides is 1. The molecule has 0 spiro atoms. The van der Waals surface area contributed by atoms with Crippen LogP contribution in [-0.2, 0) is 20.9 Å². The number of hydrogen-bond acceptors (Lipinski definition) is 4. The van der Waals surface area contributed by atoms with Crippen molar-refractivity contribution >= 4 is 11.8 Å². The standard InChI is InChI=1S/C23H29F2N3O3/c24-17-2-1-3-18(25)16(17)11-28-4-5-31-12-19(28)21(29)27-20-14-6-13-7-15(20)10-23(8-13,9-14)22(26)30/h1-3,13-15,19-20H,4-12H2,(H2,26,30)(H,27,29). The van der Waals surface area contributed by atoms with Crippen molar-refractivity contribution in [1.82, 2.24) is 10.2 Å². The third kappa shape index (κ3) is 3.63. The summed E-state index contributed by atoms with van der Waals surface area (Å²) in [5, 5.41) is 3.23. The van der Waals surface area contributed by atoms with Gasteiger partial charge in [0.25, 0.3) is 0 Å². The molecule has 4 saturated carbocycles. The summed E-state index contributed by atoms with van der Waals surface area (Å²) in [5.74, 6) is -0.560. The zero-order chi connectivity index (χ0) is 21.8. The number of carbonyl (C=O) groups is 2. The van der Waals surface area contributed by atoms with E-state index in [9.17, 15) is 18.4 Å². The highest BCUT2D eigenvalue weighted by molar-refractivity contribution is 5.83. The van der Waals surface area contributed by atoms with E-state index in [1.165, 1.54) is 18.2 Å². The molecule has 3 unspecified atom stereocenters. The molecule has 31 heavy (non-hydrogen) atoms. The SMILES string of the molecule is NC(=O)C12CC3CC(C1)C(NC(=O)C1COCCN1Cc1c(F)cccc1F)C(C3)C2. The summed E-state index contributed by atoms with van der Waals surface area (Å²) in [6.07, 6.45) is 4.40. The molecule has 4 aliphatic carbocycles. The molecule has 1 heterocycles. The van der Waals surface area contributed by atoms with Gasteiger partial charge in [-0.05, 0) is 62.0 Å². The lowest BCUT2D eigenvalue weighted by Crippen LogP contribution is -2.64. The number of rotatable bonds is 5. The van der Waals surface area contributed by atoms with Gasteiger partial charge in [0.05, 0.1) is 13.2 Å². The second-order valence-electron chi connectivity index (χ2n) is 9.91. The predicted octanol–water partition coefficient (Wildman–Crippen LogP) is 1.96. The van der Waals surface area contributed by atoms with Crippen LogP contribution in [0.15, 0.2) is 18.2 Å². The summed E-state index contributed by atoms with van der Waals surface area (Å²) < 4.78 is 33.9. The quantitative estimate of drug-likeness (QED) is 0.744. The number of benzene rings is 1. The molecular formula is C23H29F2N3O3. The van der Waals surface area contributed by atoms with Crippen molar-refractivity contribution in [3.05, 3.63) is 35.4 Å². The molecule has 1 aliphatic heterocycles. The molecule has 4 bridgehead atoms. The van der Waals surface area contributed by atoms with Crippen LogP contribution in [-0.4, -0.2) is 48.6 Å². The molecule has 3 atom stereocenters. The Morgan fingerprint density at radius 1 is 1.16 bits per heavy atom. The third-order valence-corrected chi connectivity index (χ3v) is 8.07. The van der Waals surface area contributed by atoms with Crippen LogP contribution in [0.3, 0.4) is 0 Å². The molecular weight excluding hydrogens is 404 g/mol. The minimum Gasteiger partial charge on any atom is -0.378 e. The molecule has 5 fully saturated rings. The van der Waals surface area contributed by atoms with Crippen LogP contribution in [0, 0.1) is 34.8 Å². The molecule has 2 amide bonds. The second kappa shape index (κ2) is 7.81. The summed E-state index contributed by atoms with van der Waals surface area (Å²) in [5.41, 5.74) is 5.33. The number of halogens is 2. The maximum atomic E-state index is 14.2. The van der Waals surface area contributed by atoms with Crippen LogP contribution in [0.1, 0.15) is 37.7 Å². The highest BCUT2D eigenvalue weighted by atomic mass is 19.1. The number of nitrogens with two attached hydrogens (primary N) is 1. The van der Waals surface area contributed by atoms with Crippen molar-refractivity contribution in [2.24, 2.45) is 28.9 Å². The molecule has 168 valence electrons. The van der Waals surface area contributed by atoms with E-state index in [2.05, 4.69) is 5.32 Å². The van der Waals surface area contributed by atoms with Crippen molar-refractivity contribution in [2.75, 3.05) is 19.8 Å². The molecule has 1 aromatic carbocycles. The number of nitrogens with zero attached hydrogens (tertiary/aromatic N) is 1. The Balaban J connectivity index is 1.30. The van der Waals surface area contributed by atoms with Gasteiger partial charge in [-0.1, -0.05) is 6.07 Å².